The molecule has 1 heterocycles. The van der Waals surface area contributed by atoms with Crippen LogP contribution in [0.1, 0.15) is 97.3 Å². The maximum Gasteiger partial charge on any atom is 0.225 e. The van der Waals surface area contributed by atoms with Gasteiger partial charge in [0.2, 0.25) is 5.91 Å². The lowest BCUT2D eigenvalue weighted by Crippen LogP contribution is -2.42. The lowest BCUT2D eigenvalue weighted by atomic mass is 10.1. The maximum atomic E-state index is 12.3. The molecule has 0 aromatic heterocycles. The van der Waals surface area contributed by atoms with Crippen LogP contribution in [0.15, 0.2) is 4.99 Å². The fourth-order valence-corrected chi connectivity index (χ4v) is 3.68. The average Bonchev–Trinajstić information content (AvgIpc) is 2.67. The van der Waals surface area contributed by atoms with Crippen LogP contribution in [-0.2, 0) is 4.79 Å². The molecule has 0 saturated carbocycles. The molecule has 0 saturated heterocycles. The Morgan fingerprint density at radius 3 is 2.19 bits per heavy atom. The molecular weight excluding hydrogens is 334 g/mol. The summed E-state index contributed by atoms with van der Waals surface area (Å²) < 4.78 is 0. The van der Waals surface area contributed by atoms with Gasteiger partial charge in [-0.25, -0.2) is 0 Å². The van der Waals surface area contributed by atoms with Gasteiger partial charge in [0.15, 0.2) is 0 Å². The third kappa shape index (κ3) is 13.0. The minimum atomic E-state index is 0.0744. The predicted molar refractivity (Wildman–Crippen MR) is 118 cm³/mol. The molecule has 1 unspecified atom stereocenters. The van der Waals surface area contributed by atoms with Gasteiger partial charge in [-0.2, -0.15) is 0 Å². The highest BCUT2D eigenvalue weighted by atomic mass is 16.2. The van der Waals surface area contributed by atoms with E-state index in [9.17, 15) is 4.79 Å². The largest absolute Gasteiger partial charge is 0.339 e. The van der Waals surface area contributed by atoms with Crippen molar-refractivity contribution in [3.8, 4) is 0 Å². The Morgan fingerprint density at radius 1 is 0.963 bits per heavy atom. The molecule has 1 aliphatic rings. The lowest BCUT2D eigenvalue weighted by molar-refractivity contribution is -0.134. The summed E-state index contributed by atoms with van der Waals surface area (Å²) in [6, 6.07) is 0. The Morgan fingerprint density at radius 2 is 1.56 bits per heavy atom. The van der Waals surface area contributed by atoms with Crippen molar-refractivity contribution in [3.63, 3.8) is 0 Å². The van der Waals surface area contributed by atoms with Crippen molar-refractivity contribution in [2.45, 2.75) is 97.3 Å². The Kier molecular flexibility index (Phi) is 15.4. The quantitative estimate of drug-likeness (QED) is 0.374. The van der Waals surface area contributed by atoms with Crippen LogP contribution in [0.4, 0.5) is 0 Å². The third-order valence-electron chi connectivity index (χ3n) is 5.59. The van der Waals surface area contributed by atoms with Crippen LogP contribution in [0.3, 0.4) is 0 Å². The van der Waals surface area contributed by atoms with Crippen molar-refractivity contribution in [2.24, 2.45) is 10.9 Å². The number of carbonyl (C=O) groups excluding carboxylic acids is 1. The molecule has 1 aliphatic heterocycles. The van der Waals surface area contributed by atoms with E-state index >= 15 is 0 Å². The van der Waals surface area contributed by atoms with E-state index in [-0.39, 0.29) is 11.8 Å². The highest BCUT2D eigenvalue weighted by Gasteiger charge is 2.20. The minimum Gasteiger partial charge on any atom is -0.339 e. The van der Waals surface area contributed by atoms with E-state index < -0.39 is 0 Å². The molecule has 1 rings (SSSR count). The molecule has 1 atom stereocenters. The molecule has 4 nitrogen and oxygen atoms in total. The molecule has 1 amide bonds. The molecule has 1 N–H and O–H groups in total. The van der Waals surface area contributed by atoms with Crippen LogP contribution >= 0.6 is 0 Å². The number of amides is 1. The van der Waals surface area contributed by atoms with Gasteiger partial charge in [0, 0.05) is 25.6 Å². The minimum absolute atomic E-state index is 0.0744. The van der Waals surface area contributed by atoms with Gasteiger partial charge in [-0.1, -0.05) is 84.5 Å². The molecular formula is C23H45N3O. The Hall–Kier alpha value is -0.900. The smallest absolute Gasteiger partial charge is 0.225 e. The summed E-state index contributed by atoms with van der Waals surface area (Å²) in [5.41, 5.74) is 0. The Labute approximate surface area is 168 Å². The Bertz CT molecular complexity index is 384. The molecule has 0 fully saturated rings. The summed E-state index contributed by atoms with van der Waals surface area (Å²) in [4.78, 5) is 18.6. The average molecular weight is 380 g/mol. The standard InChI is InChI=1S/C23H45N3O/c1-3-4-5-6-7-8-9-10-11-12-13-14-16-24-18-20-26-21-19-25-17-15-22(2)23(26)27/h17,22,24H,3-16,18-21H2,1-2H3. The monoisotopic (exact) mass is 379 g/mol. The summed E-state index contributed by atoms with van der Waals surface area (Å²) in [5, 5.41) is 3.51. The molecule has 0 spiro atoms. The number of aliphatic imine (C=N–C) groups is 1. The van der Waals surface area contributed by atoms with E-state index in [1.165, 1.54) is 77.0 Å². The van der Waals surface area contributed by atoms with Crippen LogP contribution in [0, 0.1) is 5.92 Å². The summed E-state index contributed by atoms with van der Waals surface area (Å²) in [6.07, 6.45) is 19.4. The van der Waals surface area contributed by atoms with E-state index in [0.717, 1.165) is 39.1 Å². The van der Waals surface area contributed by atoms with Gasteiger partial charge in [-0.3, -0.25) is 9.79 Å². The summed E-state index contributed by atoms with van der Waals surface area (Å²) in [5.74, 6) is 0.360. The van der Waals surface area contributed by atoms with E-state index in [1.54, 1.807) is 0 Å². The Balaban J connectivity index is 1.86. The second-order valence-corrected chi connectivity index (χ2v) is 8.19. The van der Waals surface area contributed by atoms with Crippen molar-refractivity contribution in [1.82, 2.24) is 10.2 Å². The molecule has 0 aliphatic carbocycles. The van der Waals surface area contributed by atoms with Gasteiger partial charge in [-0.05, 0) is 25.6 Å². The number of unbranched alkanes of at least 4 members (excludes halogenated alkanes) is 11. The van der Waals surface area contributed by atoms with Gasteiger partial charge in [0.05, 0.1) is 6.54 Å². The summed E-state index contributed by atoms with van der Waals surface area (Å²) in [7, 11) is 0. The van der Waals surface area contributed by atoms with E-state index in [2.05, 4.69) is 17.2 Å². The first-order valence-corrected chi connectivity index (χ1v) is 11.7. The maximum absolute atomic E-state index is 12.3. The number of hydrogen-bond acceptors (Lipinski definition) is 3. The fourth-order valence-electron chi connectivity index (χ4n) is 3.68. The zero-order valence-corrected chi connectivity index (χ0v) is 18.2. The van der Waals surface area contributed by atoms with E-state index in [1.807, 2.05) is 18.0 Å². The predicted octanol–water partition coefficient (Wildman–Crippen LogP) is 5.22. The highest BCUT2D eigenvalue weighted by Crippen LogP contribution is 2.12. The number of nitrogens with zero attached hydrogens (tertiary/aromatic N) is 2. The van der Waals surface area contributed by atoms with Gasteiger partial charge >= 0.3 is 0 Å². The van der Waals surface area contributed by atoms with Crippen LogP contribution in [0.25, 0.3) is 0 Å². The van der Waals surface area contributed by atoms with Gasteiger partial charge in [-0.15, -0.1) is 0 Å². The summed E-state index contributed by atoms with van der Waals surface area (Å²) in [6.45, 7) is 8.59. The van der Waals surface area contributed by atoms with Crippen molar-refractivity contribution >= 4 is 12.1 Å². The van der Waals surface area contributed by atoms with Gasteiger partial charge < -0.3 is 10.2 Å². The molecule has 158 valence electrons. The molecule has 0 aromatic carbocycles. The number of rotatable bonds is 16. The normalized spacial score (nSPS) is 17.9. The van der Waals surface area contributed by atoms with E-state index in [0.29, 0.717) is 0 Å². The fraction of sp³-hybridized carbons (Fsp3) is 0.913. The van der Waals surface area contributed by atoms with Crippen LogP contribution in [0.5, 0.6) is 0 Å². The summed E-state index contributed by atoms with van der Waals surface area (Å²) >= 11 is 0. The second-order valence-electron chi connectivity index (χ2n) is 8.19. The van der Waals surface area contributed by atoms with Crippen molar-refractivity contribution in [2.75, 3.05) is 32.7 Å². The first-order chi connectivity index (χ1) is 13.3. The molecule has 27 heavy (non-hydrogen) atoms. The number of hydrogen-bond donors (Lipinski definition) is 1. The second kappa shape index (κ2) is 17.2. The van der Waals surface area contributed by atoms with Crippen LogP contribution in [0.2, 0.25) is 0 Å². The number of nitrogens with one attached hydrogen (secondary N) is 1. The third-order valence-corrected chi connectivity index (χ3v) is 5.59. The topological polar surface area (TPSA) is 44.7 Å². The first-order valence-electron chi connectivity index (χ1n) is 11.7. The van der Waals surface area contributed by atoms with Crippen molar-refractivity contribution in [3.05, 3.63) is 0 Å². The highest BCUT2D eigenvalue weighted by molar-refractivity contribution is 5.81. The lowest BCUT2D eigenvalue weighted by Gasteiger charge is -2.26. The van der Waals surface area contributed by atoms with Crippen molar-refractivity contribution in [1.29, 1.82) is 0 Å². The van der Waals surface area contributed by atoms with Crippen LogP contribution < -0.4 is 5.32 Å². The number of carbonyl (C=O) groups is 1. The van der Waals surface area contributed by atoms with Gasteiger partial charge in [0.25, 0.3) is 0 Å². The molecule has 0 aromatic rings. The zero-order chi connectivity index (χ0) is 19.6. The van der Waals surface area contributed by atoms with Crippen molar-refractivity contribution < 1.29 is 4.79 Å². The molecule has 0 radical (unpaired) electrons. The molecule has 4 heteroatoms. The van der Waals surface area contributed by atoms with Crippen LogP contribution in [-0.4, -0.2) is 49.7 Å². The van der Waals surface area contributed by atoms with Gasteiger partial charge in [0.1, 0.15) is 0 Å². The van der Waals surface area contributed by atoms with E-state index in [4.69, 9.17) is 0 Å². The molecule has 0 bridgehead atoms. The zero-order valence-electron chi connectivity index (χ0n) is 18.2. The SMILES string of the molecule is CCCCCCCCCCCCCCNCCN1CCN=CCC(C)C1=O. The first kappa shape index (κ1) is 24.1.